The molecule has 8 unspecified atom stereocenters. The quantitative estimate of drug-likeness (QED) is 0.637. The van der Waals surface area contributed by atoms with Crippen LogP contribution >= 0.6 is 0 Å². The smallest absolute Gasteiger partial charge is 0.338 e. The van der Waals surface area contributed by atoms with Crippen LogP contribution < -0.4 is 0 Å². The summed E-state index contributed by atoms with van der Waals surface area (Å²) in [5.74, 6) is -4.68. The van der Waals surface area contributed by atoms with Gasteiger partial charge in [0.1, 0.15) is 0 Å². The Kier molecular flexibility index (Phi) is 4.63. The van der Waals surface area contributed by atoms with Gasteiger partial charge < -0.3 is 5.11 Å². The fourth-order valence-corrected chi connectivity index (χ4v) is 8.03. The molecule has 4 fully saturated rings. The first-order valence-corrected chi connectivity index (χ1v) is 10.8. The molecule has 0 aromatic carbocycles. The third-order valence-electron chi connectivity index (χ3n) is 9.53. The Labute approximate surface area is 160 Å². The largest absolute Gasteiger partial charge is 0.479 e. The second-order valence-corrected chi connectivity index (χ2v) is 10.5. The van der Waals surface area contributed by atoms with Gasteiger partial charge >= 0.3 is 5.97 Å². The van der Waals surface area contributed by atoms with Gasteiger partial charge in [0.25, 0.3) is 5.92 Å². The molecule has 5 heteroatoms. The van der Waals surface area contributed by atoms with E-state index in [1.54, 1.807) is 0 Å². The van der Waals surface area contributed by atoms with E-state index in [0.29, 0.717) is 12.8 Å². The van der Waals surface area contributed by atoms with E-state index in [1.165, 1.54) is 0 Å². The zero-order valence-electron chi connectivity index (χ0n) is 16.5. The molecular formula is C22H33F3O2. The Morgan fingerprint density at radius 1 is 1.04 bits per heavy atom. The van der Waals surface area contributed by atoms with Crippen molar-refractivity contribution >= 4 is 5.97 Å². The molecule has 2 nitrogen and oxygen atoms in total. The molecule has 0 heterocycles. The topological polar surface area (TPSA) is 37.3 Å². The maximum absolute atomic E-state index is 15.4. The van der Waals surface area contributed by atoms with Gasteiger partial charge in [0.05, 0.1) is 0 Å². The van der Waals surface area contributed by atoms with Gasteiger partial charge in [-0.2, -0.15) is 0 Å². The van der Waals surface area contributed by atoms with Crippen LogP contribution in [0.5, 0.6) is 0 Å². The average molecular weight is 386 g/mol. The van der Waals surface area contributed by atoms with Crippen molar-refractivity contribution in [3.8, 4) is 0 Å². The zero-order valence-corrected chi connectivity index (χ0v) is 16.5. The van der Waals surface area contributed by atoms with Gasteiger partial charge in [0.15, 0.2) is 6.17 Å². The van der Waals surface area contributed by atoms with Crippen LogP contribution in [0.1, 0.15) is 78.1 Å². The number of alkyl halides is 3. The summed E-state index contributed by atoms with van der Waals surface area (Å²) in [5, 5.41) is 8.96. The van der Waals surface area contributed by atoms with Crippen molar-refractivity contribution in [1.29, 1.82) is 0 Å². The van der Waals surface area contributed by atoms with E-state index in [4.69, 9.17) is 5.11 Å². The SMILES string of the molecule is CC12CCC3C(C1CCC2CC(F)C(=O)O)C(F)(F)CC1CCCCC13C. The van der Waals surface area contributed by atoms with Crippen LogP contribution in [0.3, 0.4) is 0 Å². The van der Waals surface area contributed by atoms with E-state index in [-0.39, 0.29) is 47.3 Å². The highest BCUT2D eigenvalue weighted by Crippen LogP contribution is 2.70. The van der Waals surface area contributed by atoms with E-state index in [1.807, 2.05) is 6.92 Å². The highest BCUT2D eigenvalue weighted by atomic mass is 19.3. The predicted octanol–water partition coefficient (Wildman–Crippen LogP) is 6.09. The molecule has 27 heavy (non-hydrogen) atoms. The highest BCUT2D eigenvalue weighted by molar-refractivity contribution is 5.72. The highest BCUT2D eigenvalue weighted by Gasteiger charge is 2.67. The number of halogens is 3. The van der Waals surface area contributed by atoms with Crippen molar-refractivity contribution in [2.75, 3.05) is 0 Å². The van der Waals surface area contributed by atoms with Crippen LogP contribution in [-0.2, 0) is 4.79 Å². The zero-order chi connectivity index (χ0) is 19.6. The summed E-state index contributed by atoms with van der Waals surface area (Å²) in [6.07, 6.45) is 5.35. The Bertz CT molecular complexity index is 608. The van der Waals surface area contributed by atoms with Crippen molar-refractivity contribution in [1.82, 2.24) is 0 Å². The second kappa shape index (κ2) is 6.38. The van der Waals surface area contributed by atoms with E-state index < -0.39 is 24.0 Å². The minimum atomic E-state index is -2.64. The lowest BCUT2D eigenvalue weighted by molar-refractivity contribution is -0.232. The molecule has 4 aliphatic rings. The monoisotopic (exact) mass is 386 g/mol. The second-order valence-electron chi connectivity index (χ2n) is 10.5. The lowest BCUT2D eigenvalue weighted by Gasteiger charge is -2.62. The Balaban J connectivity index is 1.63. The molecule has 154 valence electrons. The molecule has 0 bridgehead atoms. The summed E-state index contributed by atoms with van der Waals surface area (Å²) in [6.45, 7) is 4.31. The first kappa shape index (κ1) is 19.6. The summed E-state index contributed by atoms with van der Waals surface area (Å²) in [7, 11) is 0. The number of fused-ring (bicyclic) bond motifs is 5. The van der Waals surface area contributed by atoms with Gasteiger partial charge in [0.2, 0.25) is 0 Å². The molecule has 4 saturated carbocycles. The Morgan fingerprint density at radius 2 is 1.74 bits per heavy atom. The number of carboxylic acids is 1. The summed E-state index contributed by atoms with van der Waals surface area (Å²) in [6, 6.07) is 0. The fourth-order valence-electron chi connectivity index (χ4n) is 8.03. The minimum Gasteiger partial charge on any atom is -0.479 e. The number of hydrogen-bond donors (Lipinski definition) is 1. The van der Waals surface area contributed by atoms with Crippen LogP contribution in [0.2, 0.25) is 0 Å². The Morgan fingerprint density at radius 3 is 2.44 bits per heavy atom. The molecule has 4 aliphatic carbocycles. The van der Waals surface area contributed by atoms with Gasteiger partial charge in [-0.25, -0.2) is 18.0 Å². The van der Waals surface area contributed by atoms with Crippen molar-refractivity contribution < 1.29 is 23.1 Å². The van der Waals surface area contributed by atoms with Crippen LogP contribution in [-0.4, -0.2) is 23.2 Å². The molecular weight excluding hydrogens is 353 g/mol. The summed E-state index contributed by atoms with van der Waals surface area (Å²) < 4.78 is 44.8. The normalized spacial score (nSPS) is 49.6. The average Bonchev–Trinajstić information content (AvgIpc) is 2.91. The minimum absolute atomic E-state index is 0.0166. The Hall–Kier alpha value is -0.740. The third kappa shape index (κ3) is 2.85. The molecule has 0 radical (unpaired) electrons. The van der Waals surface area contributed by atoms with Crippen molar-refractivity contribution in [2.45, 2.75) is 90.1 Å². The van der Waals surface area contributed by atoms with Crippen LogP contribution in [0.4, 0.5) is 13.2 Å². The number of carboxylic acid groups (broad SMARTS) is 1. The van der Waals surface area contributed by atoms with Crippen molar-refractivity contribution in [3.63, 3.8) is 0 Å². The molecule has 0 saturated heterocycles. The van der Waals surface area contributed by atoms with E-state index in [2.05, 4.69) is 6.92 Å². The molecule has 4 rings (SSSR count). The number of carbonyl (C=O) groups is 1. The maximum atomic E-state index is 15.4. The van der Waals surface area contributed by atoms with Crippen LogP contribution in [0.15, 0.2) is 0 Å². The predicted molar refractivity (Wildman–Crippen MR) is 97.3 cm³/mol. The van der Waals surface area contributed by atoms with Crippen molar-refractivity contribution in [3.05, 3.63) is 0 Å². The lowest BCUT2D eigenvalue weighted by atomic mass is 9.44. The first-order chi connectivity index (χ1) is 12.6. The first-order valence-electron chi connectivity index (χ1n) is 10.8. The number of hydrogen-bond acceptors (Lipinski definition) is 1. The maximum Gasteiger partial charge on any atom is 0.338 e. The molecule has 1 N–H and O–H groups in total. The molecule has 0 aromatic heterocycles. The number of rotatable bonds is 3. The summed E-state index contributed by atoms with van der Waals surface area (Å²) >= 11 is 0. The summed E-state index contributed by atoms with van der Waals surface area (Å²) in [5.41, 5.74) is -0.323. The molecule has 0 aliphatic heterocycles. The van der Waals surface area contributed by atoms with Gasteiger partial charge in [-0.15, -0.1) is 0 Å². The summed E-state index contributed by atoms with van der Waals surface area (Å²) in [4.78, 5) is 11.0. The van der Waals surface area contributed by atoms with Gasteiger partial charge in [-0.05, 0) is 79.4 Å². The van der Waals surface area contributed by atoms with E-state index >= 15 is 8.78 Å². The van der Waals surface area contributed by atoms with E-state index in [0.717, 1.165) is 38.5 Å². The lowest BCUT2D eigenvalue weighted by Crippen LogP contribution is -2.60. The van der Waals surface area contributed by atoms with Crippen LogP contribution in [0, 0.1) is 40.4 Å². The molecule has 8 atom stereocenters. The third-order valence-corrected chi connectivity index (χ3v) is 9.53. The number of aliphatic carboxylic acids is 1. The van der Waals surface area contributed by atoms with Crippen LogP contribution in [0.25, 0.3) is 0 Å². The van der Waals surface area contributed by atoms with E-state index in [9.17, 15) is 9.18 Å². The van der Waals surface area contributed by atoms with Gasteiger partial charge in [0, 0.05) is 12.3 Å². The molecule has 0 spiro atoms. The van der Waals surface area contributed by atoms with Crippen molar-refractivity contribution in [2.24, 2.45) is 40.4 Å². The molecule has 0 aromatic rings. The van der Waals surface area contributed by atoms with Gasteiger partial charge in [-0.3, -0.25) is 0 Å². The fraction of sp³-hybridized carbons (Fsp3) is 0.955. The van der Waals surface area contributed by atoms with Gasteiger partial charge in [-0.1, -0.05) is 26.7 Å². The molecule has 0 amide bonds. The standard InChI is InChI=1S/C22H33F3O2/c1-20-9-4-3-5-14(20)12-22(24,25)18-15-7-6-13(11-17(23)19(26)27)21(15,2)10-8-16(18)20/h13-18H,3-12H2,1-2H3,(H,26,27).